The molecule has 0 bridgehead atoms. The largest absolute Gasteiger partial charge is 0.494 e. The topological polar surface area (TPSA) is 35.5 Å². The lowest BCUT2D eigenvalue weighted by Gasteiger charge is -2.20. The van der Waals surface area contributed by atoms with E-state index in [2.05, 4.69) is 13.8 Å². The molecule has 0 fully saturated rings. The molecule has 1 aromatic carbocycles. The fourth-order valence-electron chi connectivity index (χ4n) is 2.12. The molecular weight excluding hydrogens is 240 g/mol. The SMILES string of the molecule is CCOC(=O)CC(c1ccc(OCC)cc1)C(C)C. The molecule has 1 unspecified atom stereocenters. The van der Waals surface area contributed by atoms with Crippen LogP contribution >= 0.6 is 0 Å². The van der Waals surface area contributed by atoms with E-state index in [9.17, 15) is 4.79 Å². The molecule has 0 radical (unpaired) electrons. The van der Waals surface area contributed by atoms with Crippen LogP contribution in [0.3, 0.4) is 0 Å². The minimum Gasteiger partial charge on any atom is -0.494 e. The molecule has 0 aromatic heterocycles. The summed E-state index contributed by atoms with van der Waals surface area (Å²) in [6.07, 6.45) is 0.430. The average Bonchev–Trinajstić information content (AvgIpc) is 2.37. The first-order chi connectivity index (χ1) is 9.08. The van der Waals surface area contributed by atoms with Gasteiger partial charge in [0.25, 0.3) is 0 Å². The number of carbonyl (C=O) groups excluding carboxylic acids is 1. The van der Waals surface area contributed by atoms with Crippen LogP contribution in [-0.2, 0) is 9.53 Å². The number of ether oxygens (including phenoxy) is 2. The Labute approximate surface area is 115 Å². The van der Waals surface area contributed by atoms with E-state index in [0.29, 0.717) is 25.6 Å². The molecule has 0 saturated carbocycles. The first-order valence-corrected chi connectivity index (χ1v) is 6.96. The molecular formula is C16H24O3. The zero-order chi connectivity index (χ0) is 14.3. The van der Waals surface area contributed by atoms with Gasteiger partial charge in [-0.25, -0.2) is 0 Å². The number of benzene rings is 1. The molecule has 106 valence electrons. The van der Waals surface area contributed by atoms with Crippen LogP contribution in [0.25, 0.3) is 0 Å². The molecule has 0 heterocycles. The fourth-order valence-corrected chi connectivity index (χ4v) is 2.12. The van der Waals surface area contributed by atoms with Gasteiger partial charge < -0.3 is 9.47 Å². The summed E-state index contributed by atoms with van der Waals surface area (Å²) >= 11 is 0. The van der Waals surface area contributed by atoms with Crippen molar-refractivity contribution in [3.63, 3.8) is 0 Å². The number of hydrogen-bond acceptors (Lipinski definition) is 3. The maximum absolute atomic E-state index is 11.7. The molecule has 0 aliphatic heterocycles. The van der Waals surface area contributed by atoms with Gasteiger partial charge in [-0.2, -0.15) is 0 Å². The van der Waals surface area contributed by atoms with Crippen molar-refractivity contribution in [2.45, 2.75) is 40.0 Å². The summed E-state index contributed by atoms with van der Waals surface area (Å²) in [5.74, 6) is 1.32. The Hall–Kier alpha value is -1.51. The average molecular weight is 264 g/mol. The summed E-state index contributed by atoms with van der Waals surface area (Å²) in [7, 11) is 0. The quantitative estimate of drug-likeness (QED) is 0.703. The van der Waals surface area contributed by atoms with Gasteiger partial charge in [-0.15, -0.1) is 0 Å². The molecule has 0 saturated heterocycles. The van der Waals surface area contributed by atoms with E-state index in [0.717, 1.165) is 11.3 Å². The third-order valence-corrected chi connectivity index (χ3v) is 3.12. The van der Waals surface area contributed by atoms with E-state index >= 15 is 0 Å². The number of rotatable bonds is 7. The summed E-state index contributed by atoms with van der Waals surface area (Å²) in [5.41, 5.74) is 1.16. The Morgan fingerprint density at radius 1 is 1.11 bits per heavy atom. The van der Waals surface area contributed by atoms with Gasteiger partial charge >= 0.3 is 5.97 Å². The predicted octanol–water partition coefficient (Wildman–Crippen LogP) is 3.78. The molecule has 0 aliphatic carbocycles. The Morgan fingerprint density at radius 2 is 1.74 bits per heavy atom. The Bertz CT molecular complexity index is 381. The van der Waals surface area contributed by atoms with Gasteiger partial charge in [0.05, 0.1) is 19.6 Å². The highest BCUT2D eigenvalue weighted by molar-refractivity contribution is 5.70. The number of esters is 1. The normalized spacial score (nSPS) is 12.3. The summed E-state index contributed by atoms with van der Waals surface area (Å²) in [5, 5.41) is 0. The zero-order valence-corrected chi connectivity index (χ0v) is 12.3. The van der Waals surface area contributed by atoms with Crippen LogP contribution in [0.4, 0.5) is 0 Å². The van der Waals surface area contributed by atoms with Crippen molar-refractivity contribution < 1.29 is 14.3 Å². The van der Waals surface area contributed by atoms with Gasteiger partial charge in [0, 0.05) is 0 Å². The summed E-state index contributed by atoms with van der Waals surface area (Å²) < 4.78 is 10.5. The zero-order valence-electron chi connectivity index (χ0n) is 12.3. The predicted molar refractivity (Wildman–Crippen MR) is 76.4 cm³/mol. The van der Waals surface area contributed by atoms with Crippen molar-refractivity contribution in [2.75, 3.05) is 13.2 Å². The van der Waals surface area contributed by atoms with Crippen molar-refractivity contribution in [1.82, 2.24) is 0 Å². The third kappa shape index (κ3) is 4.93. The Balaban J connectivity index is 2.78. The van der Waals surface area contributed by atoms with Gasteiger partial charge in [0.15, 0.2) is 0 Å². The standard InChI is InChI=1S/C16H24O3/c1-5-18-14-9-7-13(8-10-14)15(12(3)4)11-16(17)19-6-2/h7-10,12,15H,5-6,11H2,1-4H3. The lowest BCUT2D eigenvalue weighted by molar-refractivity contribution is -0.143. The van der Waals surface area contributed by atoms with Crippen molar-refractivity contribution in [3.05, 3.63) is 29.8 Å². The lowest BCUT2D eigenvalue weighted by atomic mass is 9.86. The molecule has 1 atom stereocenters. The highest BCUT2D eigenvalue weighted by atomic mass is 16.5. The molecule has 3 nitrogen and oxygen atoms in total. The lowest BCUT2D eigenvalue weighted by Crippen LogP contribution is -2.14. The molecule has 1 rings (SSSR count). The van der Waals surface area contributed by atoms with Crippen molar-refractivity contribution in [1.29, 1.82) is 0 Å². The molecule has 19 heavy (non-hydrogen) atoms. The van der Waals surface area contributed by atoms with Crippen LogP contribution in [0.15, 0.2) is 24.3 Å². The molecule has 0 N–H and O–H groups in total. The maximum Gasteiger partial charge on any atom is 0.306 e. The highest BCUT2D eigenvalue weighted by Crippen LogP contribution is 2.29. The van der Waals surface area contributed by atoms with Crippen LogP contribution in [0.5, 0.6) is 5.75 Å². The van der Waals surface area contributed by atoms with Gasteiger partial charge in [-0.1, -0.05) is 26.0 Å². The van der Waals surface area contributed by atoms with Gasteiger partial charge in [-0.05, 0) is 43.4 Å². The van der Waals surface area contributed by atoms with Crippen LogP contribution in [0.1, 0.15) is 45.6 Å². The van der Waals surface area contributed by atoms with E-state index in [1.807, 2.05) is 38.1 Å². The third-order valence-electron chi connectivity index (χ3n) is 3.12. The molecule has 0 aliphatic rings. The smallest absolute Gasteiger partial charge is 0.306 e. The highest BCUT2D eigenvalue weighted by Gasteiger charge is 2.20. The van der Waals surface area contributed by atoms with Crippen molar-refractivity contribution >= 4 is 5.97 Å². The van der Waals surface area contributed by atoms with Gasteiger partial charge in [0.1, 0.15) is 5.75 Å². The van der Waals surface area contributed by atoms with E-state index < -0.39 is 0 Å². The van der Waals surface area contributed by atoms with E-state index in [1.54, 1.807) is 0 Å². The van der Waals surface area contributed by atoms with Gasteiger partial charge in [0.2, 0.25) is 0 Å². The minimum absolute atomic E-state index is 0.130. The number of carbonyl (C=O) groups is 1. The van der Waals surface area contributed by atoms with E-state index in [1.165, 1.54) is 0 Å². The number of hydrogen-bond donors (Lipinski definition) is 0. The van der Waals surface area contributed by atoms with Crippen LogP contribution in [-0.4, -0.2) is 19.2 Å². The Kier molecular flexibility index (Phi) is 6.40. The fraction of sp³-hybridized carbons (Fsp3) is 0.562. The molecule has 1 aromatic rings. The maximum atomic E-state index is 11.7. The van der Waals surface area contributed by atoms with Crippen molar-refractivity contribution in [3.8, 4) is 5.75 Å². The van der Waals surface area contributed by atoms with Crippen LogP contribution in [0.2, 0.25) is 0 Å². The van der Waals surface area contributed by atoms with E-state index in [4.69, 9.17) is 9.47 Å². The monoisotopic (exact) mass is 264 g/mol. The summed E-state index contributed by atoms with van der Waals surface area (Å²) in [6, 6.07) is 7.99. The Morgan fingerprint density at radius 3 is 2.21 bits per heavy atom. The minimum atomic E-state index is -0.130. The first kappa shape index (κ1) is 15.5. The summed E-state index contributed by atoms with van der Waals surface area (Å²) in [6.45, 7) is 9.15. The van der Waals surface area contributed by atoms with E-state index in [-0.39, 0.29) is 11.9 Å². The van der Waals surface area contributed by atoms with Crippen LogP contribution < -0.4 is 4.74 Å². The first-order valence-electron chi connectivity index (χ1n) is 6.96. The summed E-state index contributed by atoms with van der Waals surface area (Å²) in [4.78, 5) is 11.7. The molecule has 0 amide bonds. The molecule has 0 spiro atoms. The molecule has 3 heteroatoms. The second-order valence-corrected chi connectivity index (χ2v) is 4.86. The second-order valence-electron chi connectivity index (χ2n) is 4.86. The van der Waals surface area contributed by atoms with Crippen molar-refractivity contribution in [2.24, 2.45) is 5.92 Å². The van der Waals surface area contributed by atoms with Crippen LogP contribution in [0, 0.1) is 5.92 Å². The second kappa shape index (κ2) is 7.82. The van der Waals surface area contributed by atoms with Gasteiger partial charge in [-0.3, -0.25) is 4.79 Å².